The van der Waals surface area contributed by atoms with E-state index in [0.29, 0.717) is 11.3 Å². The lowest BCUT2D eigenvalue weighted by Crippen LogP contribution is -2.26. The highest BCUT2D eigenvalue weighted by molar-refractivity contribution is 9.10. The molecule has 0 spiro atoms. The summed E-state index contributed by atoms with van der Waals surface area (Å²) in [6, 6.07) is 13.3. The van der Waals surface area contributed by atoms with Crippen LogP contribution in [0.3, 0.4) is 0 Å². The number of anilines is 1. The van der Waals surface area contributed by atoms with Gasteiger partial charge in [-0.05, 0) is 53.5 Å². The minimum Gasteiger partial charge on any atom is -0.398 e. The first kappa shape index (κ1) is 14.6. The molecule has 20 heavy (non-hydrogen) atoms. The Labute approximate surface area is 127 Å². The van der Waals surface area contributed by atoms with Gasteiger partial charge in [-0.1, -0.05) is 29.8 Å². The molecule has 1 amide bonds. The zero-order valence-electron chi connectivity index (χ0n) is 11.5. The molecule has 0 aliphatic rings. The number of halogens is 1. The maximum Gasteiger partial charge on any atom is 0.251 e. The summed E-state index contributed by atoms with van der Waals surface area (Å²) in [7, 11) is 0. The molecule has 104 valence electrons. The fourth-order valence-electron chi connectivity index (χ4n) is 1.89. The van der Waals surface area contributed by atoms with E-state index in [-0.39, 0.29) is 11.9 Å². The predicted molar refractivity (Wildman–Crippen MR) is 85.6 cm³/mol. The molecule has 0 aromatic heterocycles. The Morgan fingerprint density at radius 1 is 1.20 bits per heavy atom. The van der Waals surface area contributed by atoms with Crippen molar-refractivity contribution in [2.75, 3.05) is 5.73 Å². The third-order valence-corrected chi connectivity index (χ3v) is 3.87. The zero-order valence-corrected chi connectivity index (χ0v) is 13.1. The average molecular weight is 333 g/mol. The highest BCUT2D eigenvalue weighted by atomic mass is 79.9. The lowest BCUT2D eigenvalue weighted by molar-refractivity contribution is 0.0940. The first-order valence-corrected chi connectivity index (χ1v) is 7.19. The fraction of sp³-hybridized carbons (Fsp3) is 0.188. The van der Waals surface area contributed by atoms with Crippen molar-refractivity contribution in [3.8, 4) is 0 Å². The second-order valence-electron chi connectivity index (χ2n) is 4.84. The maximum absolute atomic E-state index is 12.2. The molecule has 4 heteroatoms. The Kier molecular flexibility index (Phi) is 4.45. The minimum absolute atomic E-state index is 0.0422. The van der Waals surface area contributed by atoms with Crippen molar-refractivity contribution < 1.29 is 4.79 Å². The number of hydrogen-bond acceptors (Lipinski definition) is 2. The van der Waals surface area contributed by atoms with E-state index in [1.165, 1.54) is 5.56 Å². The predicted octanol–water partition coefficient (Wildman–Crippen LogP) is 3.83. The van der Waals surface area contributed by atoms with E-state index in [1.807, 2.05) is 38.1 Å². The molecule has 2 rings (SSSR count). The molecule has 0 unspecified atom stereocenters. The average Bonchev–Trinajstić information content (AvgIpc) is 2.42. The van der Waals surface area contributed by atoms with Crippen LogP contribution in [0.5, 0.6) is 0 Å². The van der Waals surface area contributed by atoms with Crippen LogP contribution in [0.25, 0.3) is 0 Å². The number of amides is 1. The van der Waals surface area contributed by atoms with E-state index in [0.717, 1.165) is 10.0 Å². The number of nitrogens with one attached hydrogen (secondary N) is 1. The van der Waals surface area contributed by atoms with Crippen LogP contribution in [-0.2, 0) is 0 Å². The van der Waals surface area contributed by atoms with Gasteiger partial charge in [0, 0.05) is 15.7 Å². The second kappa shape index (κ2) is 6.09. The van der Waals surface area contributed by atoms with Crippen molar-refractivity contribution >= 4 is 27.5 Å². The zero-order chi connectivity index (χ0) is 14.7. The molecule has 0 bridgehead atoms. The number of benzene rings is 2. The summed E-state index contributed by atoms with van der Waals surface area (Å²) in [6.45, 7) is 4.01. The van der Waals surface area contributed by atoms with E-state index in [2.05, 4.69) is 21.2 Å². The molecule has 2 aromatic carbocycles. The maximum atomic E-state index is 12.2. The number of carbonyl (C=O) groups is 1. The van der Waals surface area contributed by atoms with Crippen LogP contribution in [0.2, 0.25) is 0 Å². The Bertz CT molecular complexity index is 623. The Morgan fingerprint density at radius 2 is 1.85 bits per heavy atom. The van der Waals surface area contributed by atoms with Gasteiger partial charge >= 0.3 is 0 Å². The van der Waals surface area contributed by atoms with Crippen molar-refractivity contribution in [2.45, 2.75) is 19.9 Å². The number of nitrogens with two attached hydrogens (primary N) is 1. The van der Waals surface area contributed by atoms with Gasteiger partial charge < -0.3 is 11.1 Å². The van der Waals surface area contributed by atoms with Gasteiger partial charge in [0.05, 0.1) is 6.04 Å². The molecule has 3 N–H and O–H groups in total. The molecule has 1 atom stereocenters. The van der Waals surface area contributed by atoms with Crippen molar-refractivity contribution in [1.29, 1.82) is 0 Å². The van der Waals surface area contributed by atoms with E-state index >= 15 is 0 Å². The highest BCUT2D eigenvalue weighted by Gasteiger charge is 2.12. The lowest BCUT2D eigenvalue weighted by Gasteiger charge is -2.15. The molecule has 0 aliphatic carbocycles. The molecule has 3 nitrogen and oxygen atoms in total. The molecule has 0 saturated carbocycles. The largest absolute Gasteiger partial charge is 0.398 e. The molecule has 0 saturated heterocycles. The minimum atomic E-state index is -0.112. The fourth-order valence-corrected chi connectivity index (χ4v) is 2.27. The molecule has 0 radical (unpaired) electrons. The molecular weight excluding hydrogens is 316 g/mol. The summed E-state index contributed by atoms with van der Waals surface area (Å²) in [6.07, 6.45) is 0. The second-order valence-corrected chi connectivity index (χ2v) is 5.70. The van der Waals surface area contributed by atoms with Crippen LogP contribution in [0, 0.1) is 6.92 Å². The molecule has 0 fully saturated rings. The van der Waals surface area contributed by atoms with Crippen molar-refractivity contribution in [1.82, 2.24) is 5.32 Å². The summed E-state index contributed by atoms with van der Waals surface area (Å²) in [4.78, 5) is 12.2. The van der Waals surface area contributed by atoms with Crippen LogP contribution >= 0.6 is 15.9 Å². The lowest BCUT2D eigenvalue weighted by atomic mass is 10.1. The smallest absolute Gasteiger partial charge is 0.251 e. The summed E-state index contributed by atoms with van der Waals surface area (Å²) >= 11 is 3.33. The van der Waals surface area contributed by atoms with E-state index in [4.69, 9.17) is 5.73 Å². The Hall–Kier alpha value is -1.81. The van der Waals surface area contributed by atoms with E-state index in [1.54, 1.807) is 18.2 Å². The molecule has 0 aliphatic heterocycles. The van der Waals surface area contributed by atoms with Gasteiger partial charge in [-0.3, -0.25) is 4.79 Å². The SMILES string of the molecule is Cc1ccc([C@@H](C)NC(=O)c2ccc(N)c(Br)c2)cc1. The van der Waals surface area contributed by atoms with Crippen LogP contribution in [0.4, 0.5) is 5.69 Å². The summed E-state index contributed by atoms with van der Waals surface area (Å²) in [5.41, 5.74) is 9.21. The van der Waals surface area contributed by atoms with Crippen molar-refractivity contribution in [3.05, 3.63) is 63.6 Å². The Morgan fingerprint density at radius 3 is 2.45 bits per heavy atom. The Balaban J connectivity index is 2.10. The van der Waals surface area contributed by atoms with Crippen molar-refractivity contribution in [2.24, 2.45) is 0 Å². The number of aryl methyl sites for hydroxylation is 1. The third-order valence-electron chi connectivity index (χ3n) is 3.19. The summed E-state index contributed by atoms with van der Waals surface area (Å²) < 4.78 is 0.730. The highest BCUT2D eigenvalue weighted by Crippen LogP contribution is 2.21. The van der Waals surface area contributed by atoms with E-state index < -0.39 is 0 Å². The van der Waals surface area contributed by atoms with Gasteiger partial charge in [0.15, 0.2) is 0 Å². The van der Waals surface area contributed by atoms with Gasteiger partial charge in [0.25, 0.3) is 5.91 Å². The van der Waals surface area contributed by atoms with Crippen LogP contribution in [0.1, 0.15) is 34.5 Å². The first-order chi connectivity index (χ1) is 9.47. The standard InChI is InChI=1S/C16H17BrN2O/c1-10-3-5-12(6-4-10)11(2)19-16(20)13-7-8-15(18)14(17)9-13/h3-9,11H,18H2,1-2H3,(H,19,20)/t11-/m1/s1. The van der Waals surface area contributed by atoms with Gasteiger partial charge in [0.1, 0.15) is 0 Å². The topological polar surface area (TPSA) is 55.1 Å². The van der Waals surface area contributed by atoms with Crippen LogP contribution in [-0.4, -0.2) is 5.91 Å². The van der Waals surface area contributed by atoms with E-state index in [9.17, 15) is 4.79 Å². The monoisotopic (exact) mass is 332 g/mol. The quantitative estimate of drug-likeness (QED) is 0.839. The summed E-state index contributed by atoms with van der Waals surface area (Å²) in [5, 5.41) is 2.98. The molecular formula is C16H17BrN2O. The first-order valence-electron chi connectivity index (χ1n) is 6.40. The van der Waals surface area contributed by atoms with Crippen molar-refractivity contribution in [3.63, 3.8) is 0 Å². The van der Waals surface area contributed by atoms with Gasteiger partial charge in [-0.2, -0.15) is 0 Å². The van der Waals surface area contributed by atoms with Crippen LogP contribution in [0.15, 0.2) is 46.9 Å². The normalized spacial score (nSPS) is 11.9. The molecule has 2 aromatic rings. The molecule has 0 heterocycles. The third kappa shape index (κ3) is 3.39. The number of carbonyl (C=O) groups excluding carboxylic acids is 1. The van der Waals surface area contributed by atoms with Gasteiger partial charge in [-0.25, -0.2) is 0 Å². The number of hydrogen-bond donors (Lipinski definition) is 2. The number of rotatable bonds is 3. The number of nitrogen functional groups attached to an aromatic ring is 1. The van der Waals surface area contributed by atoms with Gasteiger partial charge in [0.2, 0.25) is 0 Å². The summed E-state index contributed by atoms with van der Waals surface area (Å²) in [5.74, 6) is -0.112. The van der Waals surface area contributed by atoms with Crippen LogP contribution < -0.4 is 11.1 Å². The van der Waals surface area contributed by atoms with Gasteiger partial charge in [-0.15, -0.1) is 0 Å².